The molecule has 1 aromatic rings. The van der Waals surface area contributed by atoms with Crippen molar-refractivity contribution in [2.24, 2.45) is 5.92 Å². The molecule has 0 bridgehead atoms. The molecule has 0 aliphatic carbocycles. The Bertz CT molecular complexity index is 386. The number of aryl methyl sites for hydroxylation is 1. The summed E-state index contributed by atoms with van der Waals surface area (Å²) < 4.78 is 0. The van der Waals surface area contributed by atoms with Gasteiger partial charge in [0.25, 0.3) is 0 Å². The van der Waals surface area contributed by atoms with E-state index in [9.17, 15) is 0 Å². The minimum atomic E-state index is 0.619. The minimum absolute atomic E-state index is 0.619. The molecule has 0 spiro atoms. The van der Waals surface area contributed by atoms with Crippen LogP contribution >= 0.6 is 11.3 Å². The summed E-state index contributed by atoms with van der Waals surface area (Å²) in [5.41, 5.74) is 0. The molecule has 2 atom stereocenters. The highest BCUT2D eigenvalue weighted by Crippen LogP contribution is 2.23. The minimum Gasteiger partial charge on any atom is -0.311 e. The van der Waals surface area contributed by atoms with Gasteiger partial charge in [0.2, 0.25) is 0 Å². The molecule has 1 saturated heterocycles. The number of piperazine rings is 1. The lowest BCUT2D eigenvalue weighted by Gasteiger charge is -2.40. The number of thiophene rings is 1. The third-order valence-electron chi connectivity index (χ3n) is 3.89. The normalized spacial score (nSPS) is 25.1. The van der Waals surface area contributed by atoms with Crippen LogP contribution in [-0.4, -0.2) is 30.1 Å². The zero-order chi connectivity index (χ0) is 13.8. The fourth-order valence-electron chi connectivity index (χ4n) is 2.90. The Morgan fingerprint density at radius 2 is 2.11 bits per heavy atom. The number of hydrogen-bond acceptors (Lipinski definition) is 3. The number of hydrogen-bond donors (Lipinski definition) is 1. The molecule has 1 aliphatic rings. The molecular formula is C16H28N2S. The van der Waals surface area contributed by atoms with Gasteiger partial charge in [-0.2, -0.15) is 0 Å². The molecule has 1 N–H and O–H groups in total. The first-order valence-corrected chi connectivity index (χ1v) is 8.45. The van der Waals surface area contributed by atoms with E-state index in [0.717, 1.165) is 25.4 Å². The quantitative estimate of drug-likeness (QED) is 0.888. The second kappa shape index (κ2) is 6.87. The van der Waals surface area contributed by atoms with Crippen molar-refractivity contribution in [3.63, 3.8) is 0 Å². The summed E-state index contributed by atoms with van der Waals surface area (Å²) >= 11 is 1.99. The van der Waals surface area contributed by atoms with E-state index in [2.05, 4.69) is 50.0 Å². The van der Waals surface area contributed by atoms with Crippen LogP contribution in [0, 0.1) is 5.92 Å². The van der Waals surface area contributed by atoms with E-state index in [1.165, 1.54) is 22.7 Å². The first-order chi connectivity index (χ1) is 9.08. The Kier molecular flexibility index (Phi) is 5.43. The number of nitrogens with one attached hydrogen (secondary N) is 1. The van der Waals surface area contributed by atoms with Crippen LogP contribution in [0.1, 0.15) is 43.9 Å². The van der Waals surface area contributed by atoms with Crippen LogP contribution < -0.4 is 5.32 Å². The molecule has 2 heterocycles. The van der Waals surface area contributed by atoms with Gasteiger partial charge in [0.15, 0.2) is 0 Å². The molecule has 1 aromatic heterocycles. The van der Waals surface area contributed by atoms with Crippen molar-refractivity contribution in [1.29, 1.82) is 0 Å². The summed E-state index contributed by atoms with van der Waals surface area (Å²) in [6.45, 7) is 12.7. The molecule has 2 unspecified atom stereocenters. The van der Waals surface area contributed by atoms with Crippen molar-refractivity contribution < 1.29 is 0 Å². The maximum Gasteiger partial charge on any atom is 0.0332 e. The molecular weight excluding hydrogens is 252 g/mol. The predicted octanol–water partition coefficient (Wildman–Crippen LogP) is 3.52. The van der Waals surface area contributed by atoms with Crippen molar-refractivity contribution in [2.75, 3.05) is 13.1 Å². The molecule has 3 heteroatoms. The highest BCUT2D eigenvalue weighted by atomic mass is 32.1. The summed E-state index contributed by atoms with van der Waals surface area (Å²) in [5, 5.41) is 3.63. The predicted molar refractivity (Wildman–Crippen MR) is 84.8 cm³/mol. The topological polar surface area (TPSA) is 15.3 Å². The maximum absolute atomic E-state index is 3.63. The van der Waals surface area contributed by atoms with Crippen LogP contribution in [0.2, 0.25) is 0 Å². The van der Waals surface area contributed by atoms with Crippen LogP contribution in [0.5, 0.6) is 0 Å². The Morgan fingerprint density at radius 1 is 1.37 bits per heavy atom. The van der Waals surface area contributed by atoms with E-state index in [-0.39, 0.29) is 0 Å². The molecule has 0 amide bonds. The van der Waals surface area contributed by atoms with Gasteiger partial charge in [-0.05, 0) is 37.8 Å². The van der Waals surface area contributed by atoms with Crippen molar-refractivity contribution in [2.45, 2.75) is 59.2 Å². The highest BCUT2D eigenvalue weighted by molar-refractivity contribution is 7.11. The fraction of sp³-hybridized carbons (Fsp3) is 0.750. The van der Waals surface area contributed by atoms with Crippen LogP contribution in [-0.2, 0) is 13.0 Å². The molecule has 1 fully saturated rings. The monoisotopic (exact) mass is 280 g/mol. The van der Waals surface area contributed by atoms with Gasteiger partial charge in [0.05, 0.1) is 0 Å². The Morgan fingerprint density at radius 3 is 2.74 bits per heavy atom. The van der Waals surface area contributed by atoms with E-state index < -0.39 is 0 Å². The second-order valence-corrected chi connectivity index (χ2v) is 7.50. The summed E-state index contributed by atoms with van der Waals surface area (Å²) in [7, 11) is 0. The van der Waals surface area contributed by atoms with Crippen molar-refractivity contribution in [3.8, 4) is 0 Å². The Hall–Kier alpha value is -0.380. The molecule has 0 aromatic carbocycles. The summed E-state index contributed by atoms with van der Waals surface area (Å²) in [6.07, 6.45) is 2.46. The maximum atomic E-state index is 3.63. The molecule has 0 saturated carbocycles. The molecule has 0 radical (unpaired) electrons. The van der Waals surface area contributed by atoms with Gasteiger partial charge in [-0.15, -0.1) is 11.3 Å². The number of nitrogens with zero attached hydrogens (tertiary/aromatic N) is 1. The smallest absolute Gasteiger partial charge is 0.0332 e. The van der Waals surface area contributed by atoms with Crippen LogP contribution in [0.3, 0.4) is 0 Å². The standard InChI is InChI=1S/C16H28N2S/c1-5-15-6-7-16(19-15)11-18-10-13(4)17-9-14(18)8-12(2)3/h6-7,12-14,17H,5,8-11H2,1-4H3. The van der Waals surface area contributed by atoms with Crippen molar-refractivity contribution in [3.05, 3.63) is 21.9 Å². The van der Waals surface area contributed by atoms with E-state index in [0.29, 0.717) is 12.1 Å². The van der Waals surface area contributed by atoms with E-state index in [1.807, 2.05) is 11.3 Å². The molecule has 108 valence electrons. The van der Waals surface area contributed by atoms with Gasteiger partial charge in [-0.3, -0.25) is 4.90 Å². The SMILES string of the molecule is CCc1ccc(CN2CC(C)NCC2CC(C)C)s1. The third kappa shape index (κ3) is 4.30. The van der Waals surface area contributed by atoms with Gasteiger partial charge in [-0.1, -0.05) is 20.8 Å². The lowest BCUT2D eigenvalue weighted by molar-refractivity contribution is 0.112. The van der Waals surface area contributed by atoms with Gasteiger partial charge < -0.3 is 5.32 Å². The van der Waals surface area contributed by atoms with E-state index >= 15 is 0 Å². The number of rotatable bonds is 5. The highest BCUT2D eigenvalue weighted by Gasteiger charge is 2.26. The average Bonchev–Trinajstić information content (AvgIpc) is 2.80. The lowest BCUT2D eigenvalue weighted by Crippen LogP contribution is -2.55. The van der Waals surface area contributed by atoms with Gasteiger partial charge in [-0.25, -0.2) is 0 Å². The van der Waals surface area contributed by atoms with Gasteiger partial charge in [0.1, 0.15) is 0 Å². The van der Waals surface area contributed by atoms with Crippen molar-refractivity contribution >= 4 is 11.3 Å². The molecule has 1 aliphatic heterocycles. The van der Waals surface area contributed by atoms with E-state index in [1.54, 1.807) is 0 Å². The summed E-state index contributed by atoms with van der Waals surface area (Å²) in [5.74, 6) is 0.775. The van der Waals surface area contributed by atoms with Crippen LogP contribution in [0.4, 0.5) is 0 Å². The largest absolute Gasteiger partial charge is 0.311 e. The van der Waals surface area contributed by atoms with E-state index in [4.69, 9.17) is 0 Å². The zero-order valence-electron chi connectivity index (χ0n) is 12.8. The summed E-state index contributed by atoms with van der Waals surface area (Å²) in [6, 6.07) is 5.93. The molecule has 2 rings (SSSR count). The van der Waals surface area contributed by atoms with Gasteiger partial charge >= 0.3 is 0 Å². The first kappa shape index (κ1) is 15.0. The van der Waals surface area contributed by atoms with Crippen molar-refractivity contribution in [1.82, 2.24) is 10.2 Å². The van der Waals surface area contributed by atoms with Crippen LogP contribution in [0.25, 0.3) is 0 Å². The van der Waals surface area contributed by atoms with Gasteiger partial charge in [0, 0.05) is 41.5 Å². The van der Waals surface area contributed by atoms with Crippen LogP contribution in [0.15, 0.2) is 12.1 Å². The zero-order valence-corrected chi connectivity index (χ0v) is 13.6. The summed E-state index contributed by atoms with van der Waals surface area (Å²) in [4.78, 5) is 5.73. The Balaban J connectivity index is 2.00. The second-order valence-electron chi connectivity index (χ2n) is 6.24. The third-order valence-corrected chi connectivity index (χ3v) is 5.11. The Labute approximate surface area is 122 Å². The lowest BCUT2D eigenvalue weighted by atomic mass is 9.99. The molecule has 19 heavy (non-hydrogen) atoms. The fourth-order valence-corrected chi connectivity index (χ4v) is 3.88. The first-order valence-electron chi connectivity index (χ1n) is 7.63. The average molecular weight is 280 g/mol. The molecule has 2 nitrogen and oxygen atoms in total.